The molecule has 0 aliphatic heterocycles. The lowest BCUT2D eigenvalue weighted by atomic mass is 10.1. The van der Waals surface area contributed by atoms with E-state index in [-0.39, 0.29) is 12.1 Å². The summed E-state index contributed by atoms with van der Waals surface area (Å²) in [6.07, 6.45) is 8.13. The molecule has 1 unspecified atom stereocenters. The Morgan fingerprint density at radius 3 is 2.70 bits per heavy atom. The molecule has 4 heteroatoms. The van der Waals surface area contributed by atoms with Crippen LogP contribution in [0.1, 0.15) is 42.7 Å². The Balaban J connectivity index is 1.28. The molecule has 2 aliphatic rings. The van der Waals surface area contributed by atoms with Gasteiger partial charge in [-0.3, -0.25) is 4.68 Å². The molecule has 4 nitrogen and oxygen atoms in total. The second-order valence-electron chi connectivity index (χ2n) is 7.14. The highest BCUT2D eigenvalue weighted by molar-refractivity contribution is 5.28. The first-order chi connectivity index (χ1) is 11.3. The molecule has 2 aliphatic carbocycles. The third kappa shape index (κ3) is 3.65. The van der Waals surface area contributed by atoms with Crippen LogP contribution in [0.15, 0.2) is 42.7 Å². The van der Waals surface area contributed by atoms with Gasteiger partial charge in [0.05, 0.1) is 6.10 Å². The predicted octanol–water partition coefficient (Wildman–Crippen LogP) is 2.69. The number of rotatable bonds is 6. The van der Waals surface area contributed by atoms with Crippen LogP contribution in [-0.4, -0.2) is 27.0 Å². The van der Waals surface area contributed by atoms with Crippen LogP contribution in [0, 0.1) is 5.92 Å². The first-order valence-corrected chi connectivity index (χ1v) is 8.75. The topological polar surface area (TPSA) is 50.1 Å². The molecule has 2 aromatic rings. The standard InChI is InChI=1S/C19H25N3O/c23-19-11-15(13-22-9-1-8-21-22)10-18(19)20-12-14-2-4-16(5-3-14)17-6-7-17/h1-5,8-9,15,17-20,23H,6-7,10-13H2/t15?,18-,19-/m1/s1. The van der Waals surface area contributed by atoms with E-state index >= 15 is 0 Å². The molecule has 2 N–H and O–H groups in total. The molecule has 2 fully saturated rings. The van der Waals surface area contributed by atoms with Crippen LogP contribution in [0.4, 0.5) is 0 Å². The maximum absolute atomic E-state index is 10.3. The van der Waals surface area contributed by atoms with E-state index in [0.717, 1.165) is 31.8 Å². The second kappa shape index (κ2) is 6.46. The van der Waals surface area contributed by atoms with E-state index in [9.17, 15) is 5.11 Å². The minimum absolute atomic E-state index is 0.193. The van der Waals surface area contributed by atoms with Crippen LogP contribution in [0.3, 0.4) is 0 Å². The number of aromatic nitrogens is 2. The smallest absolute Gasteiger partial charge is 0.0696 e. The van der Waals surface area contributed by atoms with Crippen molar-refractivity contribution < 1.29 is 5.11 Å². The lowest BCUT2D eigenvalue weighted by Gasteiger charge is -2.16. The van der Waals surface area contributed by atoms with Crippen LogP contribution in [0.2, 0.25) is 0 Å². The Kier molecular flexibility index (Phi) is 4.19. The molecule has 0 amide bonds. The summed E-state index contributed by atoms with van der Waals surface area (Å²) in [5.41, 5.74) is 2.78. The first-order valence-electron chi connectivity index (χ1n) is 8.75. The minimum atomic E-state index is -0.249. The monoisotopic (exact) mass is 311 g/mol. The van der Waals surface area contributed by atoms with Gasteiger partial charge in [-0.05, 0) is 54.7 Å². The van der Waals surface area contributed by atoms with E-state index < -0.39 is 0 Å². The van der Waals surface area contributed by atoms with Crippen molar-refractivity contribution in [3.05, 3.63) is 53.9 Å². The number of hydrogen-bond donors (Lipinski definition) is 2. The molecule has 3 atom stereocenters. The average Bonchev–Trinajstić information content (AvgIpc) is 3.18. The van der Waals surface area contributed by atoms with Gasteiger partial charge in [0.15, 0.2) is 0 Å². The molecule has 23 heavy (non-hydrogen) atoms. The maximum atomic E-state index is 10.3. The number of nitrogens with zero attached hydrogens (tertiary/aromatic N) is 2. The van der Waals surface area contributed by atoms with Crippen molar-refractivity contribution in [3.8, 4) is 0 Å². The van der Waals surface area contributed by atoms with E-state index in [2.05, 4.69) is 34.7 Å². The highest BCUT2D eigenvalue weighted by Crippen LogP contribution is 2.39. The van der Waals surface area contributed by atoms with E-state index in [1.54, 1.807) is 0 Å². The zero-order valence-electron chi connectivity index (χ0n) is 13.4. The van der Waals surface area contributed by atoms with E-state index in [1.807, 2.05) is 23.1 Å². The SMILES string of the molecule is O[C@@H]1CC(Cn2cccn2)C[C@H]1NCc1ccc(C2CC2)cc1. The quantitative estimate of drug-likeness (QED) is 0.862. The largest absolute Gasteiger partial charge is 0.391 e. The zero-order chi connectivity index (χ0) is 15.6. The summed E-state index contributed by atoms with van der Waals surface area (Å²) in [6.45, 7) is 1.74. The third-order valence-corrected chi connectivity index (χ3v) is 5.23. The zero-order valence-corrected chi connectivity index (χ0v) is 13.4. The van der Waals surface area contributed by atoms with Crippen molar-refractivity contribution in [1.82, 2.24) is 15.1 Å². The van der Waals surface area contributed by atoms with E-state index in [1.165, 1.54) is 24.0 Å². The van der Waals surface area contributed by atoms with Crippen molar-refractivity contribution in [1.29, 1.82) is 0 Å². The van der Waals surface area contributed by atoms with Crippen molar-refractivity contribution >= 4 is 0 Å². The summed E-state index contributed by atoms with van der Waals surface area (Å²) in [7, 11) is 0. The highest BCUT2D eigenvalue weighted by Gasteiger charge is 2.32. The number of nitrogens with one attached hydrogen (secondary N) is 1. The molecule has 1 aromatic heterocycles. The molecule has 2 saturated carbocycles. The van der Waals surface area contributed by atoms with Gasteiger partial charge in [0.2, 0.25) is 0 Å². The van der Waals surface area contributed by atoms with Crippen molar-refractivity contribution in [3.63, 3.8) is 0 Å². The molecule has 1 heterocycles. The van der Waals surface area contributed by atoms with Crippen LogP contribution in [0.25, 0.3) is 0 Å². The van der Waals surface area contributed by atoms with Gasteiger partial charge in [0.1, 0.15) is 0 Å². The van der Waals surface area contributed by atoms with E-state index in [4.69, 9.17) is 0 Å². The van der Waals surface area contributed by atoms with Gasteiger partial charge >= 0.3 is 0 Å². The molecule has 122 valence electrons. The molecular formula is C19H25N3O. The van der Waals surface area contributed by atoms with Gasteiger partial charge < -0.3 is 10.4 Å². The van der Waals surface area contributed by atoms with Gasteiger partial charge in [-0.15, -0.1) is 0 Å². The Morgan fingerprint density at radius 1 is 1.17 bits per heavy atom. The molecule has 0 bridgehead atoms. The summed E-state index contributed by atoms with van der Waals surface area (Å²) in [5, 5.41) is 18.1. The molecule has 4 rings (SSSR count). The summed E-state index contributed by atoms with van der Waals surface area (Å²) in [5.74, 6) is 1.32. The number of hydrogen-bond acceptors (Lipinski definition) is 3. The summed E-state index contributed by atoms with van der Waals surface area (Å²) in [4.78, 5) is 0. The molecule has 0 spiro atoms. The Bertz CT molecular complexity index is 619. The van der Waals surface area contributed by atoms with Gasteiger partial charge in [-0.25, -0.2) is 0 Å². The van der Waals surface area contributed by atoms with Crippen molar-refractivity contribution in [2.24, 2.45) is 5.92 Å². The van der Waals surface area contributed by atoms with Gasteiger partial charge in [-0.1, -0.05) is 24.3 Å². The van der Waals surface area contributed by atoms with Gasteiger partial charge in [-0.2, -0.15) is 5.10 Å². The average molecular weight is 311 g/mol. The molecule has 0 radical (unpaired) electrons. The van der Waals surface area contributed by atoms with Crippen molar-refractivity contribution in [2.75, 3.05) is 0 Å². The Labute approximate surface area is 137 Å². The van der Waals surface area contributed by atoms with Crippen LogP contribution in [0.5, 0.6) is 0 Å². The highest BCUT2D eigenvalue weighted by atomic mass is 16.3. The number of aliphatic hydroxyl groups is 1. The minimum Gasteiger partial charge on any atom is -0.391 e. The Hall–Kier alpha value is -1.65. The fourth-order valence-corrected chi connectivity index (χ4v) is 3.73. The maximum Gasteiger partial charge on any atom is 0.0696 e. The number of benzene rings is 1. The summed E-state index contributed by atoms with van der Waals surface area (Å²) >= 11 is 0. The van der Waals surface area contributed by atoms with Gasteiger partial charge in [0, 0.05) is 31.5 Å². The third-order valence-electron chi connectivity index (χ3n) is 5.23. The predicted molar refractivity (Wildman–Crippen MR) is 90.0 cm³/mol. The Morgan fingerprint density at radius 2 is 2.00 bits per heavy atom. The van der Waals surface area contributed by atoms with Gasteiger partial charge in [0.25, 0.3) is 0 Å². The first kappa shape index (κ1) is 14.9. The van der Waals surface area contributed by atoms with Crippen LogP contribution < -0.4 is 5.32 Å². The summed E-state index contributed by atoms with van der Waals surface area (Å²) in [6, 6.07) is 11.1. The molecule has 0 saturated heterocycles. The normalized spacial score (nSPS) is 27.4. The fourth-order valence-electron chi connectivity index (χ4n) is 3.73. The fraction of sp³-hybridized carbons (Fsp3) is 0.526. The molecular weight excluding hydrogens is 286 g/mol. The second-order valence-corrected chi connectivity index (χ2v) is 7.14. The van der Waals surface area contributed by atoms with Crippen LogP contribution in [-0.2, 0) is 13.1 Å². The lowest BCUT2D eigenvalue weighted by Crippen LogP contribution is -2.35. The lowest BCUT2D eigenvalue weighted by molar-refractivity contribution is 0.145. The summed E-state index contributed by atoms with van der Waals surface area (Å²) < 4.78 is 1.97. The molecule has 1 aromatic carbocycles. The number of aliphatic hydroxyl groups excluding tert-OH is 1. The van der Waals surface area contributed by atoms with Crippen LogP contribution >= 0.6 is 0 Å². The van der Waals surface area contributed by atoms with Crippen molar-refractivity contribution in [2.45, 2.75) is 56.8 Å². The van der Waals surface area contributed by atoms with E-state index in [0.29, 0.717) is 5.92 Å².